The van der Waals surface area contributed by atoms with Crippen LogP contribution in [0.2, 0.25) is 0 Å². The number of nitrogens with one attached hydrogen (secondary N) is 1. The Hall–Kier alpha value is -3.71. The van der Waals surface area contributed by atoms with Gasteiger partial charge in [0.1, 0.15) is 17.5 Å². The van der Waals surface area contributed by atoms with Crippen molar-refractivity contribution < 1.29 is 14.0 Å². The summed E-state index contributed by atoms with van der Waals surface area (Å²) in [5, 5.41) is 6.00. The Morgan fingerprint density at radius 2 is 1.88 bits per heavy atom. The average Bonchev–Trinajstić information content (AvgIpc) is 3.45. The molecule has 0 amide bonds. The largest absolute Gasteiger partial charge is 0.485 e. The number of fused-ring (bicyclic) bond motifs is 3. The molecule has 5 aromatic rings. The van der Waals surface area contributed by atoms with E-state index in [1.165, 1.54) is 0 Å². The summed E-state index contributed by atoms with van der Waals surface area (Å²) in [6.07, 6.45) is 2.37. The third-order valence-corrected chi connectivity index (χ3v) is 5.57. The Morgan fingerprint density at radius 3 is 2.62 bits per heavy atom. The highest BCUT2D eigenvalue weighted by Crippen LogP contribution is 2.39. The summed E-state index contributed by atoms with van der Waals surface area (Å²) in [4.78, 5) is 12.6. The molecule has 3 heterocycles. The molecule has 0 radical (unpaired) electrons. The summed E-state index contributed by atoms with van der Waals surface area (Å²) < 4.78 is 17.5. The van der Waals surface area contributed by atoms with E-state index in [2.05, 4.69) is 39.2 Å². The predicted molar refractivity (Wildman–Crippen MR) is 122 cm³/mol. The van der Waals surface area contributed by atoms with E-state index in [9.17, 15) is 0 Å². The molecule has 0 aliphatic carbocycles. The third-order valence-electron chi connectivity index (χ3n) is 5.57. The first-order valence-electron chi connectivity index (χ1n) is 10.6. The van der Waals surface area contributed by atoms with E-state index >= 15 is 0 Å². The SMILES string of the molecule is CCc1noc(-c2ncc3[nH]c4cccc(OC(C)c5ccccc5)c4c3c2COC)n1. The molecule has 0 saturated carbocycles. The van der Waals surface area contributed by atoms with Crippen molar-refractivity contribution in [3.05, 3.63) is 71.7 Å². The Kier molecular flexibility index (Phi) is 5.33. The molecule has 0 spiro atoms. The first-order chi connectivity index (χ1) is 15.7. The van der Waals surface area contributed by atoms with Gasteiger partial charge in [-0.1, -0.05) is 48.5 Å². The normalized spacial score (nSPS) is 12.5. The second-order valence-electron chi connectivity index (χ2n) is 7.65. The lowest BCUT2D eigenvalue weighted by Crippen LogP contribution is -2.03. The third kappa shape index (κ3) is 3.50. The fourth-order valence-corrected chi connectivity index (χ4v) is 4.01. The zero-order valence-corrected chi connectivity index (χ0v) is 18.3. The van der Waals surface area contributed by atoms with Crippen LogP contribution in [0.1, 0.15) is 36.9 Å². The smallest absolute Gasteiger partial charge is 0.276 e. The van der Waals surface area contributed by atoms with Crippen LogP contribution in [0.5, 0.6) is 5.75 Å². The standard InChI is InChI=1S/C25H24N4O3/c1-4-21-28-25(32-29-21)24-17(14-30-3)22-19(13-26-24)27-18-11-8-12-20(23(18)22)31-15(2)16-9-6-5-7-10-16/h5-13,15,27H,4,14H2,1-3H3. The van der Waals surface area contributed by atoms with Gasteiger partial charge in [0, 0.05) is 29.9 Å². The quantitative estimate of drug-likeness (QED) is 0.362. The Balaban J connectivity index is 1.70. The summed E-state index contributed by atoms with van der Waals surface area (Å²) in [6, 6.07) is 16.2. The summed E-state index contributed by atoms with van der Waals surface area (Å²) in [5.74, 6) is 1.82. The number of benzene rings is 2. The fraction of sp³-hybridized carbons (Fsp3) is 0.240. The highest BCUT2D eigenvalue weighted by molar-refractivity contribution is 6.12. The molecule has 7 nitrogen and oxygen atoms in total. The van der Waals surface area contributed by atoms with Crippen LogP contribution in [-0.2, 0) is 17.8 Å². The Bertz CT molecular complexity index is 1370. The number of aryl methyl sites for hydroxylation is 1. The van der Waals surface area contributed by atoms with Crippen molar-refractivity contribution in [3.63, 3.8) is 0 Å². The van der Waals surface area contributed by atoms with Gasteiger partial charge in [0.2, 0.25) is 0 Å². The molecule has 0 bridgehead atoms. The monoisotopic (exact) mass is 428 g/mol. The highest BCUT2D eigenvalue weighted by Gasteiger charge is 2.22. The van der Waals surface area contributed by atoms with Gasteiger partial charge in [-0.25, -0.2) is 4.98 Å². The molecule has 1 unspecified atom stereocenters. The fourth-order valence-electron chi connectivity index (χ4n) is 4.01. The first kappa shape index (κ1) is 20.2. The van der Waals surface area contributed by atoms with Gasteiger partial charge >= 0.3 is 0 Å². The lowest BCUT2D eigenvalue weighted by Gasteiger charge is -2.16. The molecule has 2 aromatic carbocycles. The average molecular weight is 428 g/mol. The van der Waals surface area contributed by atoms with E-state index in [1.54, 1.807) is 13.3 Å². The molecule has 162 valence electrons. The molecular weight excluding hydrogens is 404 g/mol. The van der Waals surface area contributed by atoms with Gasteiger partial charge in [-0.2, -0.15) is 4.98 Å². The number of methoxy groups -OCH3 is 1. The topological polar surface area (TPSA) is 86.1 Å². The van der Waals surface area contributed by atoms with Crippen molar-refractivity contribution in [1.82, 2.24) is 20.1 Å². The van der Waals surface area contributed by atoms with E-state index in [0.717, 1.165) is 38.7 Å². The summed E-state index contributed by atoms with van der Waals surface area (Å²) in [5.41, 5.74) is 4.48. The second-order valence-corrected chi connectivity index (χ2v) is 7.65. The number of hydrogen-bond acceptors (Lipinski definition) is 6. The van der Waals surface area contributed by atoms with Crippen LogP contribution >= 0.6 is 0 Å². The van der Waals surface area contributed by atoms with Gasteiger partial charge in [0.25, 0.3) is 5.89 Å². The summed E-state index contributed by atoms with van der Waals surface area (Å²) in [6.45, 7) is 4.38. The minimum Gasteiger partial charge on any atom is -0.485 e. The van der Waals surface area contributed by atoms with Crippen molar-refractivity contribution in [3.8, 4) is 17.3 Å². The van der Waals surface area contributed by atoms with Crippen LogP contribution in [0, 0.1) is 0 Å². The van der Waals surface area contributed by atoms with Crippen molar-refractivity contribution in [1.29, 1.82) is 0 Å². The van der Waals surface area contributed by atoms with Crippen molar-refractivity contribution >= 4 is 21.8 Å². The molecule has 0 saturated heterocycles. The van der Waals surface area contributed by atoms with Crippen molar-refractivity contribution in [2.75, 3.05) is 7.11 Å². The van der Waals surface area contributed by atoms with Gasteiger partial charge in [0.15, 0.2) is 5.82 Å². The van der Waals surface area contributed by atoms with Gasteiger partial charge in [-0.3, -0.25) is 0 Å². The number of pyridine rings is 1. The van der Waals surface area contributed by atoms with Gasteiger partial charge in [0.05, 0.1) is 23.8 Å². The Morgan fingerprint density at radius 1 is 1.03 bits per heavy atom. The van der Waals surface area contributed by atoms with E-state index < -0.39 is 0 Å². The predicted octanol–water partition coefficient (Wildman–Crippen LogP) is 5.61. The zero-order valence-electron chi connectivity index (χ0n) is 18.3. The van der Waals surface area contributed by atoms with Crippen LogP contribution in [0.15, 0.2) is 59.3 Å². The van der Waals surface area contributed by atoms with E-state index in [4.69, 9.17) is 14.0 Å². The number of aromatic nitrogens is 4. The number of H-pyrrole nitrogens is 1. The molecule has 1 atom stereocenters. The van der Waals surface area contributed by atoms with Crippen LogP contribution in [0.4, 0.5) is 0 Å². The lowest BCUT2D eigenvalue weighted by molar-refractivity contribution is 0.186. The number of ether oxygens (including phenoxy) is 2. The molecule has 5 rings (SSSR count). The highest BCUT2D eigenvalue weighted by atomic mass is 16.5. The summed E-state index contributed by atoms with van der Waals surface area (Å²) >= 11 is 0. The van der Waals surface area contributed by atoms with Crippen LogP contribution in [-0.4, -0.2) is 27.2 Å². The van der Waals surface area contributed by atoms with E-state index in [0.29, 0.717) is 30.4 Å². The zero-order chi connectivity index (χ0) is 22.1. The lowest BCUT2D eigenvalue weighted by atomic mass is 10.0. The van der Waals surface area contributed by atoms with Crippen molar-refractivity contribution in [2.45, 2.75) is 33.0 Å². The van der Waals surface area contributed by atoms with Crippen LogP contribution < -0.4 is 4.74 Å². The summed E-state index contributed by atoms with van der Waals surface area (Å²) in [7, 11) is 1.66. The maximum atomic E-state index is 6.45. The molecule has 1 N–H and O–H groups in total. The Labute approximate surface area is 185 Å². The van der Waals surface area contributed by atoms with Crippen molar-refractivity contribution in [2.24, 2.45) is 0 Å². The van der Waals surface area contributed by atoms with Gasteiger partial charge < -0.3 is 19.0 Å². The number of nitrogens with zero attached hydrogens (tertiary/aromatic N) is 3. The maximum Gasteiger partial charge on any atom is 0.276 e. The molecule has 7 heteroatoms. The molecule has 0 aliphatic heterocycles. The number of aromatic amines is 1. The maximum absolute atomic E-state index is 6.45. The number of rotatable bonds is 7. The van der Waals surface area contributed by atoms with Gasteiger partial charge in [-0.15, -0.1) is 0 Å². The van der Waals surface area contributed by atoms with Gasteiger partial charge in [-0.05, 0) is 24.6 Å². The molecule has 32 heavy (non-hydrogen) atoms. The minimum atomic E-state index is -0.109. The first-order valence-corrected chi connectivity index (χ1v) is 10.6. The molecule has 0 fully saturated rings. The minimum absolute atomic E-state index is 0.109. The molecular formula is C25H24N4O3. The van der Waals surface area contributed by atoms with Crippen LogP contribution in [0.3, 0.4) is 0 Å². The van der Waals surface area contributed by atoms with Crippen LogP contribution in [0.25, 0.3) is 33.4 Å². The molecule has 0 aliphatic rings. The number of hydrogen-bond donors (Lipinski definition) is 1. The second kappa shape index (κ2) is 8.43. The molecule has 3 aromatic heterocycles. The van der Waals surface area contributed by atoms with E-state index in [-0.39, 0.29) is 6.10 Å². The van der Waals surface area contributed by atoms with E-state index in [1.807, 2.05) is 43.3 Å².